The first-order valence-corrected chi connectivity index (χ1v) is 8.26. The summed E-state index contributed by atoms with van der Waals surface area (Å²) >= 11 is 0. The maximum atomic E-state index is 5.09. The number of ether oxygens (including phenoxy) is 1. The molecule has 0 unspecified atom stereocenters. The summed E-state index contributed by atoms with van der Waals surface area (Å²) in [6.07, 6.45) is 0. The van der Waals surface area contributed by atoms with Crippen molar-refractivity contribution >= 4 is 17.5 Å². The van der Waals surface area contributed by atoms with E-state index in [-0.39, 0.29) is 0 Å². The van der Waals surface area contributed by atoms with Gasteiger partial charge in [0.05, 0.1) is 12.3 Å². The molecule has 2 aromatic carbocycles. The molecule has 25 heavy (non-hydrogen) atoms. The van der Waals surface area contributed by atoms with Gasteiger partial charge in [-0.3, -0.25) is 0 Å². The fourth-order valence-corrected chi connectivity index (χ4v) is 2.46. The van der Waals surface area contributed by atoms with Crippen LogP contribution in [-0.4, -0.2) is 30.2 Å². The van der Waals surface area contributed by atoms with Gasteiger partial charge < -0.3 is 15.4 Å². The fraction of sp³-hybridized carbons (Fsp3) is 0.200. The van der Waals surface area contributed by atoms with Crippen LogP contribution in [-0.2, 0) is 4.74 Å². The van der Waals surface area contributed by atoms with E-state index in [1.165, 1.54) is 0 Å². The van der Waals surface area contributed by atoms with Gasteiger partial charge in [0.1, 0.15) is 5.82 Å². The van der Waals surface area contributed by atoms with E-state index >= 15 is 0 Å². The van der Waals surface area contributed by atoms with Crippen molar-refractivity contribution in [2.75, 3.05) is 30.9 Å². The molecule has 5 heteroatoms. The largest absolute Gasteiger partial charge is 0.383 e. The summed E-state index contributed by atoms with van der Waals surface area (Å²) in [4.78, 5) is 9.20. The topological polar surface area (TPSA) is 59.1 Å². The molecule has 0 saturated heterocycles. The minimum absolute atomic E-state index is 0.578. The standard InChI is InChI=1S/C20H22N4O/c1-15-8-6-7-11-17(15)22-19-14-18(16-9-4-3-5-10-16)23-20(24-19)21-12-13-25-2/h3-11,14H,12-13H2,1-2H3,(H2,21,22,23,24). The average molecular weight is 334 g/mol. The molecule has 0 aliphatic carbocycles. The molecule has 3 aromatic rings. The molecule has 0 spiro atoms. The predicted octanol–water partition coefficient (Wildman–Crippen LogP) is 4.25. The molecule has 1 aromatic heterocycles. The Morgan fingerprint density at radius 2 is 1.72 bits per heavy atom. The van der Waals surface area contributed by atoms with Gasteiger partial charge >= 0.3 is 0 Å². The van der Waals surface area contributed by atoms with Crippen LogP contribution in [0.15, 0.2) is 60.7 Å². The van der Waals surface area contributed by atoms with E-state index in [1.54, 1.807) is 7.11 Å². The minimum atomic E-state index is 0.578. The van der Waals surface area contributed by atoms with Crippen molar-refractivity contribution in [1.29, 1.82) is 0 Å². The summed E-state index contributed by atoms with van der Waals surface area (Å²) in [5.74, 6) is 1.33. The van der Waals surface area contributed by atoms with Crippen molar-refractivity contribution in [2.24, 2.45) is 0 Å². The smallest absolute Gasteiger partial charge is 0.225 e. The summed E-state index contributed by atoms with van der Waals surface area (Å²) in [6.45, 7) is 3.32. The lowest BCUT2D eigenvalue weighted by Crippen LogP contribution is -2.11. The van der Waals surface area contributed by atoms with Gasteiger partial charge in [-0.15, -0.1) is 0 Å². The SMILES string of the molecule is COCCNc1nc(Nc2ccccc2C)cc(-c2ccccc2)n1. The molecule has 0 atom stereocenters. The molecule has 0 bridgehead atoms. The number of aryl methyl sites for hydroxylation is 1. The van der Waals surface area contributed by atoms with Gasteiger partial charge in [-0.1, -0.05) is 48.5 Å². The van der Waals surface area contributed by atoms with E-state index in [9.17, 15) is 0 Å². The Balaban J connectivity index is 1.93. The molecular weight excluding hydrogens is 312 g/mol. The van der Waals surface area contributed by atoms with Crippen LogP contribution in [0, 0.1) is 6.92 Å². The molecule has 5 nitrogen and oxygen atoms in total. The van der Waals surface area contributed by atoms with Crippen LogP contribution in [0.2, 0.25) is 0 Å². The Kier molecular flexibility index (Phi) is 5.59. The third kappa shape index (κ3) is 4.55. The summed E-state index contributed by atoms with van der Waals surface area (Å²) in [6, 6.07) is 20.2. The summed E-state index contributed by atoms with van der Waals surface area (Å²) in [7, 11) is 1.67. The Morgan fingerprint density at radius 3 is 2.48 bits per heavy atom. The van der Waals surface area contributed by atoms with Crippen molar-refractivity contribution < 1.29 is 4.74 Å². The van der Waals surface area contributed by atoms with Crippen LogP contribution < -0.4 is 10.6 Å². The van der Waals surface area contributed by atoms with Crippen molar-refractivity contribution in [3.05, 3.63) is 66.2 Å². The molecule has 2 N–H and O–H groups in total. The second-order valence-corrected chi connectivity index (χ2v) is 5.69. The van der Waals surface area contributed by atoms with Crippen LogP contribution in [0.4, 0.5) is 17.5 Å². The molecular formula is C20H22N4O. The van der Waals surface area contributed by atoms with E-state index in [4.69, 9.17) is 4.74 Å². The number of nitrogens with zero attached hydrogens (tertiary/aromatic N) is 2. The monoisotopic (exact) mass is 334 g/mol. The molecule has 3 rings (SSSR count). The number of hydrogen-bond donors (Lipinski definition) is 2. The van der Waals surface area contributed by atoms with Crippen molar-refractivity contribution in [3.63, 3.8) is 0 Å². The maximum Gasteiger partial charge on any atom is 0.225 e. The van der Waals surface area contributed by atoms with E-state index in [1.807, 2.05) is 54.6 Å². The number of rotatable bonds is 7. The molecule has 0 aliphatic rings. The third-order valence-corrected chi connectivity index (χ3v) is 3.79. The highest BCUT2D eigenvalue weighted by Gasteiger charge is 2.08. The van der Waals surface area contributed by atoms with E-state index < -0.39 is 0 Å². The zero-order valence-corrected chi connectivity index (χ0v) is 14.5. The summed E-state index contributed by atoms with van der Waals surface area (Å²) < 4.78 is 5.09. The lowest BCUT2D eigenvalue weighted by atomic mass is 10.1. The summed E-state index contributed by atoms with van der Waals surface area (Å²) in [5, 5.41) is 6.60. The number of aromatic nitrogens is 2. The van der Waals surface area contributed by atoms with Gasteiger partial charge in [-0.25, -0.2) is 4.98 Å². The van der Waals surface area contributed by atoms with Crippen LogP contribution in [0.3, 0.4) is 0 Å². The number of methoxy groups -OCH3 is 1. The Labute approximate surface area is 148 Å². The zero-order chi connectivity index (χ0) is 17.5. The Morgan fingerprint density at radius 1 is 0.960 bits per heavy atom. The third-order valence-electron chi connectivity index (χ3n) is 3.79. The second kappa shape index (κ2) is 8.26. The van der Waals surface area contributed by atoms with Gasteiger partial charge in [-0.2, -0.15) is 4.98 Å². The second-order valence-electron chi connectivity index (χ2n) is 5.69. The molecule has 1 heterocycles. The Bertz CT molecular complexity index is 821. The van der Waals surface area contributed by atoms with Gasteiger partial charge in [0.15, 0.2) is 0 Å². The molecule has 0 fully saturated rings. The highest BCUT2D eigenvalue weighted by atomic mass is 16.5. The first-order valence-electron chi connectivity index (χ1n) is 8.26. The van der Waals surface area contributed by atoms with Crippen molar-refractivity contribution in [3.8, 4) is 11.3 Å². The highest BCUT2D eigenvalue weighted by molar-refractivity contribution is 5.68. The first-order chi connectivity index (χ1) is 12.3. The maximum absolute atomic E-state index is 5.09. The molecule has 0 saturated carbocycles. The van der Waals surface area contributed by atoms with Crippen LogP contribution in [0.5, 0.6) is 0 Å². The normalized spacial score (nSPS) is 10.5. The van der Waals surface area contributed by atoms with Gasteiger partial charge in [0.25, 0.3) is 0 Å². The van der Waals surface area contributed by atoms with Gasteiger partial charge in [0, 0.05) is 31.0 Å². The van der Waals surface area contributed by atoms with Crippen molar-refractivity contribution in [1.82, 2.24) is 9.97 Å². The van der Waals surface area contributed by atoms with Crippen LogP contribution in [0.25, 0.3) is 11.3 Å². The lowest BCUT2D eigenvalue weighted by Gasteiger charge is -2.12. The zero-order valence-electron chi connectivity index (χ0n) is 14.5. The molecule has 128 valence electrons. The van der Waals surface area contributed by atoms with E-state index in [0.29, 0.717) is 19.1 Å². The molecule has 0 aliphatic heterocycles. The van der Waals surface area contributed by atoms with Crippen LogP contribution in [0.1, 0.15) is 5.56 Å². The lowest BCUT2D eigenvalue weighted by molar-refractivity contribution is 0.210. The molecule has 0 radical (unpaired) electrons. The number of anilines is 3. The van der Waals surface area contributed by atoms with Crippen molar-refractivity contribution in [2.45, 2.75) is 6.92 Å². The fourth-order valence-electron chi connectivity index (χ4n) is 2.46. The predicted molar refractivity (Wildman–Crippen MR) is 102 cm³/mol. The number of para-hydroxylation sites is 1. The quantitative estimate of drug-likeness (QED) is 0.633. The first kappa shape index (κ1) is 16.9. The molecule has 0 amide bonds. The van der Waals surface area contributed by atoms with E-state index in [2.05, 4.69) is 33.6 Å². The minimum Gasteiger partial charge on any atom is -0.383 e. The Hall–Kier alpha value is -2.92. The summed E-state index contributed by atoms with van der Waals surface area (Å²) in [5.41, 5.74) is 4.11. The van der Waals surface area contributed by atoms with Gasteiger partial charge in [0.2, 0.25) is 5.95 Å². The number of nitrogens with one attached hydrogen (secondary N) is 2. The number of hydrogen-bond acceptors (Lipinski definition) is 5. The average Bonchev–Trinajstić information content (AvgIpc) is 2.64. The van der Waals surface area contributed by atoms with Crippen LogP contribution >= 0.6 is 0 Å². The van der Waals surface area contributed by atoms with E-state index in [0.717, 1.165) is 28.3 Å². The number of benzene rings is 2. The highest BCUT2D eigenvalue weighted by Crippen LogP contribution is 2.24. The van der Waals surface area contributed by atoms with Gasteiger partial charge in [-0.05, 0) is 18.6 Å².